The molecule has 0 aromatic heterocycles. The number of rotatable bonds is 5. The molecule has 0 radical (unpaired) electrons. The van der Waals surface area contributed by atoms with E-state index in [0.717, 1.165) is 5.56 Å². The fraction of sp³-hybridized carbons (Fsp3) is 0.455. The Hall–Kier alpha value is -1.46. The third-order valence-corrected chi connectivity index (χ3v) is 2.32. The highest BCUT2D eigenvalue weighted by Gasteiger charge is 2.08. The molecule has 0 amide bonds. The second-order valence-electron chi connectivity index (χ2n) is 3.83. The van der Waals surface area contributed by atoms with E-state index >= 15 is 0 Å². The standard InChI is InChI=1S/C11H16N2O3/c1-8(14)7-12-9(2)10-3-5-11(6-4-10)13(15)16/h3-6,8-9,12,14H,7H2,1-2H3/t8-,9?/m0/s1. The van der Waals surface area contributed by atoms with E-state index in [9.17, 15) is 10.1 Å². The second-order valence-corrected chi connectivity index (χ2v) is 3.83. The maximum absolute atomic E-state index is 10.5. The first kappa shape index (κ1) is 12.6. The Labute approximate surface area is 94.3 Å². The maximum Gasteiger partial charge on any atom is 0.269 e. The van der Waals surface area contributed by atoms with Crippen molar-refractivity contribution in [1.82, 2.24) is 5.32 Å². The van der Waals surface area contributed by atoms with Gasteiger partial charge in [0.25, 0.3) is 5.69 Å². The van der Waals surface area contributed by atoms with Crippen molar-refractivity contribution in [2.75, 3.05) is 6.54 Å². The summed E-state index contributed by atoms with van der Waals surface area (Å²) in [5.74, 6) is 0. The number of nitrogens with one attached hydrogen (secondary N) is 1. The SMILES string of the molecule is CC(NC[C@H](C)O)c1ccc([N+](=O)[O-])cc1. The molecule has 16 heavy (non-hydrogen) atoms. The average molecular weight is 224 g/mol. The molecule has 1 aromatic carbocycles. The van der Waals surface area contributed by atoms with E-state index in [-0.39, 0.29) is 11.7 Å². The van der Waals surface area contributed by atoms with Crippen molar-refractivity contribution in [2.24, 2.45) is 0 Å². The predicted molar refractivity (Wildman–Crippen MR) is 61.2 cm³/mol. The summed E-state index contributed by atoms with van der Waals surface area (Å²) in [4.78, 5) is 10.0. The lowest BCUT2D eigenvalue weighted by Crippen LogP contribution is -2.27. The van der Waals surface area contributed by atoms with Gasteiger partial charge < -0.3 is 10.4 Å². The highest BCUT2D eigenvalue weighted by molar-refractivity contribution is 5.33. The molecule has 1 aromatic rings. The molecule has 0 spiro atoms. The van der Waals surface area contributed by atoms with Crippen molar-refractivity contribution in [3.8, 4) is 0 Å². The highest BCUT2D eigenvalue weighted by atomic mass is 16.6. The molecule has 0 aliphatic carbocycles. The van der Waals surface area contributed by atoms with Crippen molar-refractivity contribution < 1.29 is 10.0 Å². The summed E-state index contributed by atoms with van der Waals surface area (Å²) in [7, 11) is 0. The van der Waals surface area contributed by atoms with Crippen LogP contribution < -0.4 is 5.32 Å². The van der Waals surface area contributed by atoms with Crippen LogP contribution in [-0.4, -0.2) is 22.7 Å². The van der Waals surface area contributed by atoms with Crippen LogP contribution in [0.5, 0.6) is 0 Å². The normalized spacial score (nSPS) is 14.4. The lowest BCUT2D eigenvalue weighted by Gasteiger charge is -2.15. The minimum Gasteiger partial charge on any atom is -0.392 e. The Kier molecular flexibility index (Phi) is 4.39. The largest absolute Gasteiger partial charge is 0.392 e. The molecule has 2 atom stereocenters. The number of aliphatic hydroxyl groups is 1. The fourth-order valence-corrected chi connectivity index (χ4v) is 1.35. The first-order valence-electron chi connectivity index (χ1n) is 5.16. The lowest BCUT2D eigenvalue weighted by atomic mass is 10.1. The molecule has 88 valence electrons. The maximum atomic E-state index is 10.5. The fourth-order valence-electron chi connectivity index (χ4n) is 1.35. The van der Waals surface area contributed by atoms with Gasteiger partial charge in [0.15, 0.2) is 0 Å². The zero-order valence-electron chi connectivity index (χ0n) is 9.38. The third kappa shape index (κ3) is 3.60. The van der Waals surface area contributed by atoms with Gasteiger partial charge in [0.2, 0.25) is 0 Å². The van der Waals surface area contributed by atoms with Gasteiger partial charge in [0.05, 0.1) is 11.0 Å². The molecular formula is C11H16N2O3. The average Bonchev–Trinajstić information content (AvgIpc) is 2.26. The van der Waals surface area contributed by atoms with Crippen molar-refractivity contribution >= 4 is 5.69 Å². The topological polar surface area (TPSA) is 75.4 Å². The molecule has 1 rings (SSSR count). The van der Waals surface area contributed by atoms with E-state index in [2.05, 4.69) is 5.32 Å². The van der Waals surface area contributed by atoms with Crippen molar-refractivity contribution in [2.45, 2.75) is 26.0 Å². The van der Waals surface area contributed by atoms with Crippen LogP contribution in [0.2, 0.25) is 0 Å². The van der Waals surface area contributed by atoms with Gasteiger partial charge in [-0.15, -0.1) is 0 Å². The number of aliphatic hydroxyl groups excluding tert-OH is 1. The highest BCUT2D eigenvalue weighted by Crippen LogP contribution is 2.17. The van der Waals surface area contributed by atoms with Gasteiger partial charge in [-0.1, -0.05) is 12.1 Å². The van der Waals surface area contributed by atoms with Crippen LogP contribution in [0.15, 0.2) is 24.3 Å². The van der Waals surface area contributed by atoms with Gasteiger partial charge in [-0.2, -0.15) is 0 Å². The van der Waals surface area contributed by atoms with E-state index in [4.69, 9.17) is 5.11 Å². The minimum atomic E-state index is -0.419. The first-order valence-corrected chi connectivity index (χ1v) is 5.16. The smallest absolute Gasteiger partial charge is 0.269 e. The molecular weight excluding hydrogens is 208 g/mol. The van der Waals surface area contributed by atoms with E-state index in [0.29, 0.717) is 6.54 Å². The zero-order chi connectivity index (χ0) is 12.1. The molecule has 0 bridgehead atoms. The number of non-ortho nitro benzene ring substituents is 1. The van der Waals surface area contributed by atoms with Crippen LogP contribution in [-0.2, 0) is 0 Å². The van der Waals surface area contributed by atoms with Gasteiger partial charge >= 0.3 is 0 Å². The van der Waals surface area contributed by atoms with Gasteiger partial charge in [-0.3, -0.25) is 10.1 Å². The summed E-state index contributed by atoms with van der Waals surface area (Å²) in [5.41, 5.74) is 1.05. The molecule has 0 saturated carbocycles. The van der Waals surface area contributed by atoms with Crippen molar-refractivity contribution in [3.63, 3.8) is 0 Å². The van der Waals surface area contributed by atoms with Crippen LogP contribution in [0.4, 0.5) is 5.69 Å². The van der Waals surface area contributed by atoms with Crippen molar-refractivity contribution in [1.29, 1.82) is 0 Å². The summed E-state index contributed by atoms with van der Waals surface area (Å²) in [6.07, 6.45) is -0.402. The number of nitrogens with zero attached hydrogens (tertiary/aromatic N) is 1. The summed E-state index contributed by atoms with van der Waals surface area (Å²) in [6.45, 7) is 4.15. The number of hydrogen-bond acceptors (Lipinski definition) is 4. The first-order chi connectivity index (χ1) is 7.50. The minimum absolute atomic E-state index is 0.0652. The molecule has 5 nitrogen and oxygen atoms in total. The van der Waals surface area contributed by atoms with E-state index < -0.39 is 11.0 Å². The molecule has 2 N–H and O–H groups in total. The van der Waals surface area contributed by atoms with Gasteiger partial charge in [-0.05, 0) is 19.4 Å². The number of benzene rings is 1. The number of nitro benzene ring substituents is 1. The second kappa shape index (κ2) is 5.58. The lowest BCUT2D eigenvalue weighted by molar-refractivity contribution is -0.384. The van der Waals surface area contributed by atoms with Crippen LogP contribution in [0.25, 0.3) is 0 Å². The van der Waals surface area contributed by atoms with E-state index in [1.165, 1.54) is 12.1 Å². The van der Waals surface area contributed by atoms with Crippen molar-refractivity contribution in [3.05, 3.63) is 39.9 Å². The Morgan fingerprint density at radius 3 is 2.38 bits per heavy atom. The molecule has 0 saturated heterocycles. The van der Waals surface area contributed by atoms with E-state index in [1.807, 2.05) is 6.92 Å². The Morgan fingerprint density at radius 1 is 1.38 bits per heavy atom. The molecule has 0 heterocycles. The number of hydrogen-bond donors (Lipinski definition) is 2. The van der Waals surface area contributed by atoms with E-state index in [1.54, 1.807) is 19.1 Å². The van der Waals surface area contributed by atoms with Gasteiger partial charge in [0.1, 0.15) is 0 Å². The molecule has 0 aliphatic rings. The van der Waals surface area contributed by atoms with Crippen LogP contribution >= 0.6 is 0 Å². The monoisotopic (exact) mass is 224 g/mol. The molecule has 0 aliphatic heterocycles. The summed E-state index contributed by atoms with van der Waals surface area (Å²) < 4.78 is 0. The third-order valence-electron chi connectivity index (χ3n) is 2.32. The zero-order valence-corrected chi connectivity index (χ0v) is 9.38. The Morgan fingerprint density at radius 2 is 1.94 bits per heavy atom. The molecule has 0 fully saturated rings. The quantitative estimate of drug-likeness (QED) is 0.588. The van der Waals surface area contributed by atoms with Gasteiger partial charge in [0, 0.05) is 24.7 Å². The van der Waals surface area contributed by atoms with Crippen LogP contribution in [0.1, 0.15) is 25.5 Å². The summed E-state index contributed by atoms with van der Waals surface area (Å²) in [6, 6.07) is 6.47. The Bertz CT molecular complexity index is 349. The summed E-state index contributed by atoms with van der Waals surface area (Å²) in [5, 5.41) is 22.7. The van der Waals surface area contributed by atoms with Gasteiger partial charge in [-0.25, -0.2) is 0 Å². The predicted octanol–water partition coefficient (Wildman–Crippen LogP) is 1.63. The summed E-state index contributed by atoms with van der Waals surface area (Å²) >= 11 is 0. The Balaban J connectivity index is 2.63. The molecule has 5 heteroatoms. The number of nitro groups is 1. The van der Waals surface area contributed by atoms with Crippen LogP contribution in [0, 0.1) is 10.1 Å². The molecule has 1 unspecified atom stereocenters. The van der Waals surface area contributed by atoms with Crippen LogP contribution in [0.3, 0.4) is 0 Å².